The van der Waals surface area contributed by atoms with Crippen LogP contribution in [0.3, 0.4) is 0 Å². The van der Waals surface area contributed by atoms with E-state index in [0.29, 0.717) is 6.42 Å². The van der Waals surface area contributed by atoms with Gasteiger partial charge in [0.1, 0.15) is 18.3 Å². The normalized spacial score (nSPS) is 27.2. The number of nitrogens with one attached hydrogen (secondary N) is 1. The van der Waals surface area contributed by atoms with Gasteiger partial charge in [-0.3, -0.25) is 0 Å². The summed E-state index contributed by atoms with van der Waals surface area (Å²) in [6, 6.07) is 0.0304. The summed E-state index contributed by atoms with van der Waals surface area (Å²) in [5.74, 6) is -0.648. The first kappa shape index (κ1) is 29.0. The molecule has 0 aromatic heterocycles. The van der Waals surface area contributed by atoms with Crippen LogP contribution in [0.15, 0.2) is 0 Å². The zero-order chi connectivity index (χ0) is 23.9. The number of methoxy groups -OCH3 is 1. The van der Waals surface area contributed by atoms with Gasteiger partial charge in [0.25, 0.3) is 0 Å². The lowest BCUT2D eigenvalue weighted by atomic mass is 10.0. The average molecular weight is 472 g/mol. The van der Waals surface area contributed by atoms with Gasteiger partial charge >= 0.3 is 0 Å². The van der Waals surface area contributed by atoms with E-state index in [1.54, 1.807) is 7.11 Å². The highest BCUT2D eigenvalue weighted by atomic mass is 16.8. The summed E-state index contributed by atoms with van der Waals surface area (Å²) >= 11 is 0. The second-order valence-corrected chi connectivity index (χ2v) is 10.4. The molecule has 0 aromatic rings. The molecule has 33 heavy (non-hydrogen) atoms. The molecule has 6 heteroatoms. The summed E-state index contributed by atoms with van der Waals surface area (Å²) in [7, 11) is 1.70. The van der Waals surface area contributed by atoms with Crippen molar-refractivity contribution in [3.8, 4) is 0 Å². The van der Waals surface area contributed by atoms with Gasteiger partial charge < -0.3 is 29.4 Å². The van der Waals surface area contributed by atoms with E-state index in [-0.39, 0.29) is 31.0 Å². The molecule has 6 nitrogen and oxygen atoms in total. The largest absolute Gasteiger partial charge is 0.396 e. The molecule has 2 aliphatic rings. The Bertz CT molecular complexity index is 489. The average Bonchev–Trinajstić information content (AvgIpc) is 3.26. The Morgan fingerprint density at radius 2 is 1.39 bits per heavy atom. The maximum absolute atomic E-state index is 9.57. The van der Waals surface area contributed by atoms with Crippen molar-refractivity contribution >= 4 is 0 Å². The number of unbranched alkanes of at least 4 members (excludes halogenated alkanes) is 13. The molecule has 0 unspecified atom stereocenters. The minimum Gasteiger partial charge on any atom is -0.396 e. The molecule has 2 aliphatic heterocycles. The number of aliphatic hydroxyl groups is 1. The fourth-order valence-electron chi connectivity index (χ4n) is 5.22. The number of hydrogen-bond donors (Lipinski definition) is 2. The Balaban J connectivity index is 1.51. The van der Waals surface area contributed by atoms with E-state index in [0.717, 1.165) is 13.0 Å². The number of rotatable bonds is 20. The first-order valence-electron chi connectivity index (χ1n) is 13.9. The first-order chi connectivity index (χ1) is 16.0. The molecule has 2 N–H and O–H groups in total. The quantitative estimate of drug-likeness (QED) is 0.222. The van der Waals surface area contributed by atoms with Crippen molar-refractivity contribution < 1.29 is 24.1 Å². The van der Waals surface area contributed by atoms with Gasteiger partial charge in [0, 0.05) is 19.8 Å². The first-order valence-corrected chi connectivity index (χ1v) is 13.9. The number of aliphatic hydroxyl groups excluding tert-OH is 1. The molecule has 0 spiro atoms. The molecule has 2 heterocycles. The Morgan fingerprint density at radius 3 is 1.91 bits per heavy atom. The van der Waals surface area contributed by atoms with Gasteiger partial charge in [-0.1, -0.05) is 90.4 Å². The van der Waals surface area contributed by atoms with Gasteiger partial charge in [0.2, 0.25) is 0 Å². The van der Waals surface area contributed by atoms with E-state index >= 15 is 0 Å². The molecule has 0 saturated carbocycles. The van der Waals surface area contributed by atoms with E-state index in [2.05, 4.69) is 12.2 Å². The van der Waals surface area contributed by atoms with Crippen LogP contribution in [0.1, 0.15) is 117 Å². The molecule has 0 aromatic carbocycles. The minimum atomic E-state index is -0.648. The third-order valence-corrected chi connectivity index (χ3v) is 7.07. The van der Waals surface area contributed by atoms with Crippen LogP contribution < -0.4 is 5.32 Å². The molecule has 0 amide bonds. The summed E-state index contributed by atoms with van der Waals surface area (Å²) in [4.78, 5) is 0. The summed E-state index contributed by atoms with van der Waals surface area (Å²) in [5.41, 5.74) is 0. The molecule has 0 bridgehead atoms. The van der Waals surface area contributed by atoms with Crippen LogP contribution in [0.25, 0.3) is 0 Å². The van der Waals surface area contributed by atoms with Crippen molar-refractivity contribution in [2.75, 3.05) is 20.3 Å². The van der Waals surface area contributed by atoms with Crippen molar-refractivity contribution in [2.24, 2.45) is 0 Å². The third-order valence-electron chi connectivity index (χ3n) is 7.07. The predicted octanol–water partition coefficient (Wildman–Crippen LogP) is 5.70. The van der Waals surface area contributed by atoms with Crippen LogP contribution in [0.2, 0.25) is 0 Å². The van der Waals surface area contributed by atoms with Crippen molar-refractivity contribution in [1.29, 1.82) is 0 Å². The Kier molecular flexibility index (Phi) is 14.4. The highest BCUT2D eigenvalue weighted by Gasteiger charge is 2.56. The van der Waals surface area contributed by atoms with Gasteiger partial charge in [-0.25, -0.2) is 0 Å². The van der Waals surface area contributed by atoms with Crippen LogP contribution in [0.4, 0.5) is 0 Å². The van der Waals surface area contributed by atoms with Gasteiger partial charge in [0.05, 0.1) is 0 Å². The van der Waals surface area contributed by atoms with E-state index in [1.807, 2.05) is 13.8 Å². The maximum atomic E-state index is 9.57. The number of ether oxygens (including phenoxy) is 4. The zero-order valence-electron chi connectivity index (χ0n) is 22.0. The number of fused-ring (bicyclic) bond motifs is 1. The highest BCUT2D eigenvalue weighted by Crippen LogP contribution is 2.39. The van der Waals surface area contributed by atoms with Gasteiger partial charge in [-0.05, 0) is 33.2 Å². The molecular formula is C27H53NO5. The lowest BCUT2D eigenvalue weighted by molar-refractivity contribution is -0.220. The minimum absolute atomic E-state index is 0.0304. The van der Waals surface area contributed by atoms with Gasteiger partial charge in [0.15, 0.2) is 12.1 Å². The second kappa shape index (κ2) is 16.4. The Labute approximate surface area is 203 Å². The molecule has 2 saturated heterocycles. The van der Waals surface area contributed by atoms with Gasteiger partial charge in [-0.2, -0.15) is 0 Å². The van der Waals surface area contributed by atoms with Crippen LogP contribution >= 0.6 is 0 Å². The molecular weight excluding hydrogens is 418 g/mol. The van der Waals surface area contributed by atoms with Crippen molar-refractivity contribution in [1.82, 2.24) is 5.32 Å². The molecule has 2 fully saturated rings. The van der Waals surface area contributed by atoms with Crippen LogP contribution in [-0.2, 0) is 18.9 Å². The smallest absolute Gasteiger partial charge is 0.190 e. The standard InChI is InChI=1S/C27H53NO5/c1-5-6-7-8-9-10-11-12-13-14-15-16-17-18-20-28-22(19-21-29)23-24(30-4)25-26(31-23)33-27(2,3)32-25/h22-26,28-29H,5-21H2,1-4H3/t22-,23+,24-,25+,26+/m0/s1. The SMILES string of the molecule is CCCCCCCCCCCCCCCCN[C@@H](CCO)[C@H]1O[C@@H]2OC(C)(C)O[C@@H]2[C@H]1OC. The lowest BCUT2D eigenvalue weighted by Crippen LogP contribution is -2.49. The maximum Gasteiger partial charge on any atom is 0.190 e. The summed E-state index contributed by atoms with van der Waals surface area (Å²) in [6.07, 6.45) is 18.7. The van der Waals surface area contributed by atoms with Crippen LogP contribution in [0, 0.1) is 0 Å². The van der Waals surface area contributed by atoms with Crippen LogP contribution in [0.5, 0.6) is 0 Å². The van der Waals surface area contributed by atoms with Crippen LogP contribution in [-0.4, -0.2) is 61.8 Å². The van der Waals surface area contributed by atoms with Crippen molar-refractivity contribution in [3.63, 3.8) is 0 Å². The summed E-state index contributed by atoms with van der Waals surface area (Å²) < 4.78 is 23.8. The van der Waals surface area contributed by atoms with Crippen molar-refractivity contribution in [2.45, 2.75) is 154 Å². The number of hydrogen-bond acceptors (Lipinski definition) is 6. The molecule has 5 atom stereocenters. The van der Waals surface area contributed by atoms with Crippen molar-refractivity contribution in [3.05, 3.63) is 0 Å². The highest BCUT2D eigenvalue weighted by molar-refractivity contribution is 4.98. The van der Waals surface area contributed by atoms with E-state index in [1.165, 1.54) is 83.5 Å². The zero-order valence-corrected chi connectivity index (χ0v) is 22.0. The van der Waals surface area contributed by atoms with E-state index in [4.69, 9.17) is 18.9 Å². The lowest BCUT2D eigenvalue weighted by Gasteiger charge is -2.30. The fourth-order valence-corrected chi connectivity index (χ4v) is 5.22. The Hall–Kier alpha value is -0.240. The summed E-state index contributed by atoms with van der Waals surface area (Å²) in [5, 5.41) is 13.2. The molecule has 196 valence electrons. The van der Waals surface area contributed by atoms with E-state index < -0.39 is 12.1 Å². The molecule has 0 aliphatic carbocycles. The molecule has 2 rings (SSSR count). The monoisotopic (exact) mass is 471 g/mol. The third kappa shape index (κ3) is 10.5. The Morgan fingerprint density at radius 1 is 0.848 bits per heavy atom. The van der Waals surface area contributed by atoms with Gasteiger partial charge in [-0.15, -0.1) is 0 Å². The second-order valence-electron chi connectivity index (χ2n) is 10.4. The topological polar surface area (TPSA) is 69.2 Å². The fraction of sp³-hybridized carbons (Fsp3) is 1.00. The molecule has 0 radical (unpaired) electrons. The predicted molar refractivity (Wildman–Crippen MR) is 133 cm³/mol. The summed E-state index contributed by atoms with van der Waals surface area (Å²) in [6.45, 7) is 7.13. The van der Waals surface area contributed by atoms with E-state index in [9.17, 15) is 5.11 Å².